The van der Waals surface area contributed by atoms with E-state index in [1.807, 2.05) is 215 Å². The molecule has 0 aliphatic heterocycles. The lowest BCUT2D eigenvalue weighted by Gasteiger charge is -2.31. The third-order valence-electron chi connectivity index (χ3n) is 15.5. The number of hydrogen-bond acceptors (Lipinski definition) is 12. The Morgan fingerprint density at radius 1 is 0.329 bits per heavy atom. The lowest BCUT2D eigenvalue weighted by atomic mass is 9.78. The zero-order chi connectivity index (χ0) is 65.0. The number of aromatic hydroxyl groups is 4. The second kappa shape index (κ2) is 26.4. The van der Waals surface area contributed by atoms with Gasteiger partial charge in [-0.3, -0.25) is 14.4 Å². The minimum Gasteiger partial charge on any atom is -0.507 e. The van der Waals surface area contributed by atoms with E-state index in [9.17, 15) is 39.6 Å². The average Bonchev–Trinajstić information content (AvgIpc) is 1.83. The van der Waals surface area contributed by atoms with Gasteiger partial charge in [0.15, 0.2) is 0 Å². The fourth-order valence-corrected chi connectivity index (χ4v) is 10.2. The van der Waals surface area contributed by atoms with Gasteiger partial charge in [0.25, 0.3) is 0 Å². The molecule has 0 fully saturated rings. The zero-order valence-corrected chi connectivity index (χ0v) is 56.4. The van der Waals surface area contributed by atoms with E-state index >= 15 is 0 Å². The number of phenols is 4. The summed E-state index contributed by atoms with van der Waals surface area (Å²) in [6, 6.07) is 15.2. The quantitative estimate of drug-likeness (QED) is 0.0396. The van der Waals surface area contributed by atoms with Gasteiger partial charge >= 0.3 is 23.9 Å². The molecular weight excluding hydrogens is 1070 g/mol. The first-order valence-corrected chi connectivity index (χ1v) is 30.2. The minimum atomic E-state index is -1.62. The Kier molecular flexibility index (Phi) is 22.1. The van der Waals surface area contributed by atoms with E-state index in [1.54, 1.807) is 6.08 Å². The van der Waals surface area contributed by atoms with Crippen LogP contribution in [0.1, 0.15) is 252 Å². The van der Waals surface area contributed by atoms with Gasteiger partial charge in [0, 0.05) is 36.5 Å². The number of benzene rings is 4. The van der Waals surface area contributed by atoms with Crippen LogP contribution in [0.5, 0.6) is 23.0 Å². The molecule has 470 valence electrons. The summed E-state index contributed by atoms with van der Waals surface area (Å²) >= 11 is 0. The summed E-state index contributed by atoms with van der Waals surface area (Å²) in [4.78, 5) is 56.3. The molecular formula is C73H106O12. The van der Waals surface area contributed by atoms with Crippen molar-refractivity contribution in [2.24, 2.45) is 5.41 Å². The summed E-state index contributed by atoms with van der Waals surface area (Å²) in [7, 11) is 0. The second-order valence-corrected chi connectivity index (χ2v) is 32.0. The van der Waals surface area contributed by atoms with E-state index in [0.717, 1.165) is 50.1 Å². The fraction of sp³-hybridized carbons (Fsp3) is 0.589. The molecule has 0 atom stereocenters. The molecule has 12 heteroatoms. The van der Waals surface area contributed by atoms with E-state index in [0.29, 0.717) is 16.7 Å². The van der Waals surface area contributed by atoms with Crippen molar-refractivity contribution in [1.29, 1.82) is 0 Å². The summed E-state index contributed by atoms with van der Waals surface area (Å²) in [5.74, 6) is -1.76. The van der Waals surface area contributed by atoms with E-state index in [1.165, 1.54) is 6.08 Å². The molecule has 0 saturated heterocycles. The first kappa shape index (κ1) is 71.2. The average molecular weight is 1180 g/mol. The van der Waals surface area contributed by atoms with E-state index < -0.39 is 99.0 Å². The number of phenolic OH excluding ortho intramolecular Hbond substituents is 4. The predicted molar refractivity (Wildman–Crippen MR) is 342 cm³/mol. The van der Waals surface area contributed by atoms with Crippen molar-refractivity contribution in [3.63, 3.8) is 0 Å². The van der Waals surface area contributed by atoms with Gasteiger partial charge in [-0.25, -0.2) is 4.79 Å². The number of rotatable bonds is 19. The molecule has 4 N–H and O–H groups in total. The van der Waals surface area contributed by atoms with E-state index in [2.05, 4.69) is 0 Å². The van der Waals surface area contributed by atoms with Crippen LogP contribution >= 0.6 is 0 Å². The first-order chi connectivity index (χ1) is 38.4. The van der Waals surface area contributed by atoms with Crippen molar-refractivity contribution in [3.8, 4) is 23.0 Å². The van der Waals surface area contributed by atoms with Crippen LogP contribution in [0.2, 0.25) is 0 Å². The smallest absolute Gasteiger partial charge is 0.330 e. The highest BCUT2D eigenvalue weighted by Gasteiger charge is 2.39. The van der Waals surface area contributed by atoms with Crippen molar-refractivity contribution in [1.82, 2.24) is 0 Å². The number of aryl methyl sites for hydroxylation is 3. The topological polar surface area (TPSA) is 186 Å². The van der Waals surface area contributed by atoms with E-state index in [-0.39, 0.29) is 61.5 Å². The molecule has 4 aromatic rings. The highest BCUT2D eigenvalue weighted by molar-refractivity contribution is 5.87. The second-order valence-electron chi connectivity index (χ2n) is 32.0. The molecule has 4 rings (SSSR count). The Labute approximate surface area is 510 Å². The van der Waals surface area contributed by atoms with Crippen LogP contribution in [0.4, 0.5) is 0 Å². The number of esters is 4. The van der Waals surface area contributed by atoms with Crippen molar-refractivity contribution in [2.45, 2.75) is 248 Å². The van der Waals surface area contributed by atoms with Gasteiger partial charge in [-0.1, -0.05) is 203 Å². The number of carbonyl (C=O) groups excluding carboxylic acids is 4. The van der Waals surface area contributed by atoms with Gasteiger partial charge in [0.05, 0.1) is 0 Å². The van der Waals surface area contributed by atoms with Gasteiger partial charge < -0.3 is 39.4 Å². The van der Waals surface area contributed by atoms with Gasteiger partial charge in [-0.15, -0.1) is 0 Å². The Bertz CT molecular complexity index is 2690. The van der Waals surface area contributed by atoms with Crippen molar-refractivity contribution in [2.75, 3.05) is 26.4 Å². The molecule has 0 unspecified atom stereocenters. The SMILES string of the molecule is CC(C)(C)c1cc(C=CC(=O)OCC(COC(=O)CCc2cc(C(C)(C)C)c(O)c(C(C)(C)C)c2)(COC(=O)CCc2cc(C(C)(C)C)c(O)c(C(C)(C)C)c2)COC(=O)CCc2cc(C(C)(C)C)c(O)c(C(C)(C)C)c2)cc(C(C)(C)C)c1O. The molecule has 0 heterocycles. The van der Waals surface area contributed by atoms with Crippen LogP contribution in [-0.2, 0) is 101 Å². The van der Waals surface area contributed by atoms with Crippen LogP contribution in [-0.4, -0.2) is 70.7 Å². The molecule has 0 aromatic heterocycles. The lowest BCUT2D eigenvalue weighted by molar-refractivity contribution is -0.169. The summed E-state index contributed by atoms with van der Waals surface area (Å²) in [6.45, 7) is 46.4. The molecule has 0 amide bonds. The van der Waals surface area contributed by atoms with Gasteiger partial charge in [0.1, 0.15) is 54.8 Å². The maximum absolute atomic E-state index is 14.1. The number of hydrogen-bond donors (Lipinski definition) is 4. The van der Waals surface area contributed by atoms with Gasteiger partial charge in [-0.2, -0.15) is 0 Å². The van der Waals surface area contributed by atoms with Crippen molar-refractivity contribution in [3.05, 3.63) is 121 Å². The van der Waals surface area contributed by atoms with E-state index in [4.69, 9.17) is 18.9 Å². The predicted octanol–water partition coefficient (Wildman–Crippen LogP) is 16.0. The maximum Gasteiger partial charge on any atom is 0.330 e. The van der Waals surface area contributed by atoms with Crippen molar-refractivity contribution >= 4 is 30.0 Å². The van der Waals surface area contributed by atoms with Gasteiger partial charge in [0.2, 0.25) is 0 Å². The summed E-state index contributed by atoms with van der Waals surface area (Å²) in [5, 5.41) is 45.7. The number of carbonyl (C=O) groups is 4. The Morgan fingerprint density at radius 3 is 0.741 bits per heavy atom. The minimum absolute atomic E-state index is 0.0741. The Hall–Kier alpha value is -6.30. The van der Waals surface area contributed by atoms with Crippen LogP contribution in [0, 0.1) is 5.41 Å². The normalized spacial score (nSPS) is 13.3. The molecule has 12 nitrogen and oxygen atoms in total. The monoisotopic (exact) mass is 1170 g/mol. The van der Waals surface area contributed by atoms with Crippen LogP contribution in [0.3, 0.4) is 0 Å². The molecule has 0 aliphatic rings. The molecule has 4 aromatic carbocycles. The Morgan fingerprint density at radius 2 is 0.529 bits per heavy atom. The summed E-state index contributed by atoms with van der Waals surface area (Å²) in [6.07, 6.45) is 3.45. The molecule has 0 radical (unpaired) electrons. The fourth-order valence-electron chi connectivity index (χ4n) is 10.2. The third-order valence-corrected chi connectivity index (χ3v) is 15.5. The van der Waals surface area contributed by atoms with Crippen LogP contribution < -0.4 is 0 Å². The van der Waals surface area contributed by atoms with Crippen molar-refractivity contribution < 1.29 is 58.6 Å². The summed E-state index contributed by atoms with van der Waals surface area (Å²) < 4.78 is 24.3. The molecule has 85 heavy (non-hydrogen) atoms. The molecule has 0 saturated carbocycles. The largest absolute Gasteiger partial charge is 0.507 e. The van der Waals surface area contributed by atoms with Gasteiger partial charge in [-0.05, 0) is 136 Å². The third kappa shape index (κ3) is 19.9. The molecule has 0 aliphatic carbocycles. The highest BCUT2D eigenvalue weighted by Crippen LogP contribution is 2.44. The summed E-state index contributed by atoms with van der Waals surface area (Å²) in [5.41, 5.74) is 4.15. The lowest BCUT2D eigenvalue weighted by Crippen LogP contribution is -2.44. The number of ether oxygens (including phenoxy) is 4. The standard InChI is InChI=1S/C73H106O12/c1-65(2,3)49-33-45(34-50(61(49)78)66(4,5)6)25-29-57(74)82-41-73(42-83-58(75)30-26-46-35-51(67(7,8)9)62(79)52(36-46)68(10,11)12,43-84-59(76)31-27-47-37-53(69(13,14)15)63(80)54(38-47)70(16,17)18)44-85-60(77)32-28-48-39-55(71(19,20)21)64(81)56(40-48)72(22,23)24/h25,29,33-40,78-81H,26-28,30-32,41-44H2,1-24H3. The highest BCUT2D eigenvalue weighted by atomic mass is 16.6. The first-order valence-electron chi connectivity index (χ1n) is 30.2. The maximum atomic E-state index is 14.1. The molecule has 0 bridgehead atoms. The molecule has 0 spiro atoms. The zero-order valence-electron chi connectivity index (χ0n) is 56.4. The Balaban J connectivity index is 1.79. The van der Waals surface area contributed by atoms with Crippen LogP contribution in [0.15, 0.2) is 54.6 Å². The van der Waals surface area contributed by atoms with Crippen LogP contribution in [0.25, 0.3) is 6.08 Å².